The number of carbonyl (C=O) groups is 1. The standard InChI is InChI=1S/C22H32N6O/c1-15(2)26-10-12-28(13-11-26)22(29)20-24-19-18(16(3)14-17(4)23-19)21(25-20)27-8-6-5-7-9-27/h14-15H,5-13H2,1-4H3. The summed E-state index contributed by atoms with van der Waals surface area (Å²) in [7, 11) is 0. The number of pyridine rings is 1. The van der Waals surface area contributed by atoms with Gasteiger partial charge >= 0.3 is 0 Å². The van der Waals surface area contributed by atoms with Crippen LogP contribution in [0.25, 0.3) is 11.0 Å². The number of amides is 1. The molecular weight excluding hydrogens is 364 g/mol. The highest BCUT2D eigenvalue weighted by Crippen LogP contribution is 2.29. The summed E-state index contributed by atoms with van der Waals surface area (Å²) in [4.78, 5) is 34.0. The van der Waals surface area contributed by atoms with E-state index in [1.807, 2.05) is 11.8 Å². The van der Waals surface area contributed by atoms with E-state index in [0.29, 0.717) is 11.7 Å². The van der Waals surface area contributed by atoms with Gasteiger partial charge in [0.05, 0.1) is 5.39 Å². The molecule has 1 amide bonds. The van der Waals surface area contributed by atoms with E-state index in [1.54, 1.807) is 0 Å². The molecule has 0 spiro atoms. The molecule has 0 radical (unpaired) electrons. The molecule has 0 saturated carbocycles. The van der Waals surface area contributed by atoms with Crippen molar-refractivity contribution in [3.63, 3.8) is 0 Å². The number of aromatic nitrogens is 3. The average molecular weight is 397 g/mol. The van der Waals surface area contributed by atoms with Crippen LogP contribution in [0.5, 0.6) is 0 Å². The summed E-state index contributed by atoms with van der Waals surface area (Å²) >= 11 is 0. The molecule has 4 heterocycles. The first-order chi connectivity index (χ1) is 13.9. The molecule has 156 valence electrons. The SMILES string of the molecule is Cc1cc(C)c2c(N3CCCCC3)nc(C(=O)N3CCN(C(C)C)CC3)nc2n1. The van der Waals surface area contributed by atoms with Crippen molar-refractivity contribution in [2.45, 2.75) is 53.0 Å². The topological polar surface area (TPSA) is 65.5 Å². The van der Waals surface area contributed by atoms with E-state index < -0.39 is 0 Å². The zero-order chi connectivity index (χ0) is 20.5. The molecule has 7 nitrogen and oxygen atoms in total. The first-order valence-corrected chi connectivity index (χ1v) is 10.9. The lowest BCUT2D eigenvalue weighted by atomic mass is 10.1. The van der Waals surface area contributed by atoms with Gasteiger partial charge in [-0.1, -0.05) is 0 Å². The Hall–Kier alpha value is -2.28. The van der Waals surface area contributed by atoms with Crippen LogP contribution in [-0.4, -0.2) is 76.0 Å². The normalized spacial score (nSPS) is 18.7. The number of rotatable bonds is 3. The van der Waals surface area contributed by atoms with Gasteiger partial charge in [-0.15, -0.1) is 0 Å². The van der Waals surface area contributed by atoms with Gasteiger partial charge in [0.25, 0.3) is 5.91 Å². The number of aryl methyl sites for hydroxylation is 2. The monoisotopic (exact) mass is 396 g/mol. The summed E-state index contributed by atoms with van der Waals surface area (Å²) in [5.74, 6) is 1.09. The molecule has 2 saturated heterocycles. The van der Waals surface area contributed by atoms with Crippen LogP contribution in [0.15, 0.2) is 6.07 Å². The second kappa shape index (κ2) is 8.22. The highest BCUT2D eigenvalue weighted by molar-refractivity contribution is 5.97. The van der Waals surface area contributed by atoms with Gasteiger partial charge in [-0.3, -0.25) is 9.69 Å². The van der Waals surface area contributed by atoms with E-state index in [-0.39, 0.29) is 11.7 Å². The number of nitrogens with zero attached hydrogens (tertiary/aromatic N) is 6. The Bertz CT molecular complexity index is 898. The predicted octanol–water partition coefficient (Wildman–Crippen LogP) is 2.80. The van der Waals surface area contributed by atoms with Gasteiger partial charge in [-0.25, -0.2) is 15.0 Å². The summed E-state index contributed by atoms with van der Waals surface area (Å²) in [6.07, 6.45) is 3.57. The Balaban J connectivity index is 1.70. The molecule has 29 heavy (non-hydrogen) atoms. The zero-order valence-corrected chi connectivity index (χ0v) is 18.1. The van der Waals surface area contributed by atoms with Gasteiger partial charge < -0.3 is 9.80 Å². The van der Waals surface area contributed by atoms with Gasteiger partial charge in [0.2, 0.25) is 5.82 Å². The smallest absolute Gasteiger partial charge is 0.291 e. The van der Waals surface area contributed by atoms with Crippen molar-refractivity contribution in [1.82, 2.24) is 24.8 Å². The minimum atomic E-state index is -0.0745. The highest BCUT2D eigenvalue weighted by atomic mass is 16.2. The van der Waals surface area contributed by atoms with Crippen molar-refractivity contribution in [1.29, 1.82) is 0 Å². The third-order valence-electron chi connectivity index (χ3n) is 6.15. The Morgan fingerprint density at radius 3 is 2.28 bits per heavy atom. The molecule has 0 N–H and O–H groups in total. The summed E-state index contributed by atoms with van der Waals surface area (Å²) in [5.41, 5.74) is 2.68. The lowest BCUT2D eigenvalue weighted by molar-refractivity contribution is 0.0584. The summed E-state index contributed by atoms with van der Waals surface area (Å²) in [5, 5.41) is 0.985. The Labute approximate surface area is 173 Å². The summed E-state index contributed by atoms with van der Waals surface area (Å²) in [6, 6.07) is 2.58. The Morgan fingerprint density at radius 2 is 1.62 bits per heavy atom. The fraction of sp³-hybridized carbons (Fsp3) is 0.636. The molecule has 0 aromatic carbocycles. The van der Waals surface area contributed by atoms with Crippen LogP contribution < -0.4 is 4.90 Å². The first-order valence-electron chi connectivity index (χ1n) is 10.9. The molecule has 0 aliphatic carbocycles. The number of hydrogen-bond acceptors (Lipinski definition) is 6. The van der Waals surface area contributed by atoms with Crippen molar-refractivity contribution < 1.29 is 4.79 Å². The van der Waals surface area contributed by atoms with Gasteiger partial charge in [0.15, 0.2) is 5.65 Å². The van der Waals surface area contributed by atoms with Crippen LogP contribution >= 0.6 is 0 Å². The maximum atomic E-state index is 13.3. The summed E-state index contributed by atoms with van der Waals surface area (Å²) in [6.45, 7) is 13.6. The van der Waals surface area contributed by atoms with Crippen molar-refractivity contribution in [2.24, 2.45) is 0 Å². The molecule has 2 aliphatic rings. The van der Waals surface area contributed by atoms with Gasteiger partial charge in [0.1, 0.15) is 5.82 Å². The molecule has 0 atom stereocenters. The first kappa shape index (κ1) is 20.0. The van der Waals surface area contributed by atoms with Gasteiger partial charge in [-0.2, -0.15) is 0 Å². The minimum absolute atomic E-state index is 0.0745. The predicted molar refractivity (Wildman–Crippen MR) is 115 cm³/mol. The molecule has 2 aromatic rings. The lowest BCUT2D eigenvalue weighted by Gasteiger charge is -2.36. The number of fused-ring (bicyclic) bond motifs is 1. The minimum Gasteiger partial charge on any atom is -0.356 e. The van der Waals surface area contributed by atoms with Crippen LogP contribution in [0.4, 0.5) is 5.82 Å². The number of carbonyl (C=O) groups excluding carboxylic acids is 1. The Kier molecular flexibility index (Phi) is 5.67. The molecule has 0 bridgehead atoms. The maximum absolute atomic E-state index is 13.3. The van der Waals surface area contributed by atoms with Gasteiger partial charge in [-0.05, 0) is 58.6 Å². The van der Waals surface area contributed by atoms with Crippen LogP contribution in [0.2, 0.25) is 0 Å². The van der Waals surface area contributed by atoms with E-state index in [9.17, 15) is 4.79 Å². The van der Waals surface area contributed by atoms with Crippen molar-refractivity contribution in [3.05, 3.63) is 23.1 Å². The third-order valence-corrected chi connectivity index (χ3v) is 6.15. The van der Waals surface area contributed by atoms with Crippen molar-refractivity contribution in [3.8, 4) is 0 Å². The molecule has 2 fully saturated rings. The Morgan fingerprint density at radius 1 is 0.931 bits per heavy atom. The number of anilines is 1. The third kappa shape index (κ3) is 4.06. The summed E-state index contributed by atoms with van der Waals surface area (Å²) < 4.78 is 0. The van der Waals surface area contributed by atoms with Crippen LogP contribution in [0, 0.1) is 13.8 Å². The number of piperidine rings is 1. The second-order valence-corrected chi connectivity index (χ2v) is 8.62. The number of piperazine rings is 1. The largest absolute Gasteiger partial charge is 0.356 e. The molecular formula is C22H32N6O. The fourth-order valence-electron chi connectivity index (χ4n) is 4.47. The van der Waals surface area contributed by atoms with E-state index in [4.69, 9.17) is 4.98 Å². The van der Waals surface area contributed by atoms with Crippen LogP contribution in [0.3, 0.4) is 0 Å². The maximum Gasteiger partial charge on any atom is 0.291 e. The van der Waals surface area contributed by atoms with Crippen molar-refractivity contribution >= 4 is 22.8 Å². The fourth-order valence-corrected chi connectivity index (χ4v) is 4.47. The van der Waals surface area contributed by atoms with E-state index in [2.05, 4.69) is 46.6 Å². The lowest BCUT2D eigenvalue weighted by Crippen LogP contribution is -2.51. The van der Waals surface area contributed by atoms with Crippen molar-refractivity contribution in [2.75, 3.05) is 44.2 Å². The second-order valence-electron chi connectivity index (χ2n) is 8.62. The van der Waals surface area contributed by atoms with Gasteiger partial charge in [0, 0.05) is 51.0 Å². The average Bonchev–Trinajstić information content (AvgIpc) is 2.72. The highest BCUT2D eigenvalue weighted by Gasteiger charge is 2.27. The van der Waals surface area contributed by atoms with E-state index in [1.165, 1.54) is 6.42 Å². The number of hydrogen-bond donors (Lipinski definition) is 0. The molecule has 4 rings (SSSR count). The molecule has 2 aliphatic heterocycles. The molecule has 2 aromatic heterocycles. The van der Waals surface area contributed by atoms with E-state index >= 15 is 0 Å². The van der Waals surface area contributed by atoms with Crippen LogP contribution in [-0.2, 0) is 0 Å². The molecule has 0 unspecified atom stereocenters. The van der Waals surface area contributed by atoms with E-state index in [0.717, 1.165) is 74.6 Å². The molecule has 7 heteroatoms. The van der Waals surface area contributed by atoms with Crippen LogP contribution in [0.1, 0.15) is 55.0 Å². The quantitative estimate of drug-likeness (QED) is 0.795. The zero-order valence-electron chi connectivity index (χ0n) is 18.1.